The first-order valence-electron chi connectivity index (χ1n) is 27.7. The van der Waals surface area contributed by atoms with Gasteiger partial charge in [0.15, 0.2) is 47.2 Å². The molecular weight excluding hydrogens is 1070 g/mol. The number of hydrogen-bond donors (Lipinski definition) is 13. The van der Waals surface area contributed by atoms with E-state index < -0.39 is 24.0 Å². The molecule has 21 N–H and O–H groups in total. The van der Waals surface area contributed by atoms with Crippen molar-refractivity contribution in [3.63, 3.8) is 0 Å². The lowest BCUT2D eigenvalue weighted by Gasteiger charge is -2.24. The molecule has 2 unspecified atom stereocenters. The Morgan fingerprint density at radius 3 is 1.39 bits per heavy atom. The van der Waals surface area contributed by atoms with E-state index in [4.69, 9.17) is 40.1 Å². The van der Waals surface area contributed by atoms with Gasteiger partial charge in [0.2, 0.25) is 11.8 Å². The zero-order chi connectivity index (χ0) is 63.6. The predicted molar refractivity (Wildman–Crippen MR) is 321 cm³/mol. The summed E-state index contributed by atoms with van der Waals surface area (Å²) in [7, 11) is 0. The van der Waals surface area contributed by atoms with E-state index >= 15 is 0 Å². The van der Waals surface area contributed by atoms with Crippen LogP contribution in [-0.4, -0.2) is 159 Å². The Morgan fingerprint density at radius 2 is 1.00 bits per heavy atom. The van der Waals surface area contributed by atoms with E-state index in [9.17, 15) is 51.9 Å². The van der Waals surface area contributed by atoms with Crippen LogP contribution in [0.5, 0.6) is 0 Å². The number of nitrogens with two attached hydrogens (primary N) is 8. The van der Waals surface area contributed by atoms with Gasteiger partial charge in [0.1, 0.15) is 23.2 Å². The minimum absolute atomic E-state index is 0.0129. The number of halogens is 2. The maximum Gasteiger partial charge on any atom is 0.237 e. The Bertz CT molecular complexity index is 2060. The standard InChI is InChI=1S/C18H35N9O3.C16H32N6O2.C8H7FO.C4H7FO.C4H10.C3H6O.C2H5NO/c19-17(20)24-8-1-4-13-15(29)6-3-7-23-10-12(28)11-26-14(16(30)27-13)5-2-9-25-18(21)22;17-7-1-4-12-10-13(23)11-20-8-3-6-15(24)14(22-12)5-2-9-21-16(18)19;1-6(10)7-2-4-8(9)5-3-7;1-3(5)4(2)6;1-4(2)3;1-3(2)4;1-2(3)4/h13-14,23,26H,1-11H2,(H,27,30)(H4,19,20,24)(H4,21,22,25);12,14,20,22H,1-11,17H2,(H4,18,19,21);2-5H,1H3;3H,1-2H3;4H,1-3H3;1-2H3;1H3,(H2,3,4)/t13-,14-;12?,14-;;;;;/m00...../s1. The number of Topliss-reactive ketones (excluding diaryl/α,β-unsaturated/α-hetero) is 7. The summed E-state index contributed by atoms with van der Waals surface area (Å²) in [6, 6.07) is 3.94. The summed E-state index contributed by atoms with van der Waals surface area (Å²) in [5, 5.41) is 15.3. The van der Waals surface area contributed by atoms with Crippen molar-refractivity contribution in [3.8, 4) is 0 Å². The quantitative estimate of drug-likeness (QED) is 0.0444. The minimum Gasteiger partial charge on any atom is -0.370 e. The number of amides is 2. The molecule has 2 saturated heterocycles. The average molecular weight is 1170 g/mol. The Labute approximate surface area is 484 Å². The molecule has 3 rings (SSSR count). The summed E-state index contributed by atoms with van der Waals surface area (Å²) in [5.74, 6) is -0.159. The maximum atomic E-state index is 12.8. The molecule has 2 aliphatic rings. The van der Waals surface area contributed by atoms with Gasteiger partial charge in [-0.3, -0.25) is 58.7 Å². The fourth-order valence-electron chi connectivity index (χ4n) is 6.56. The molecule has 1 aromatic carbocycles. The Kier molecular flexibility index (Phi) is 52.3. The maximum absolute atomic E-state index is 12.8. The van der Waals surface area contributed by atoms with Gasteiger partial charge in [0.05, 0.1) is 37.8 Å². The van der Waals surface area contributed by atoms with Gasteiger partial charge in [-0.25, -0.2) is 8.78 Å². The number of aliphatic imine (C=N–C) groups is 3. The van der Waals surface area contributed by atoms with Gasteiger partial charge < -0.3 is 71.9 Å². The molecule has 0 aromatic heterocycles. The van der Waals surface area contributed by atoms with Crippen molar-refractivity contribution >= 4 is 70.2 Å². The van der Waals surface area contributed by atoms with Crippen LogP contribution in [0, 0.1) is 11.7 Å². The highest BCUT2D eigenvalue weighted by molar-refractivity contribution is 5.94. The van der Waals surface area contributed by atoms with Crippen LogP contribution in [0.3, 0.4) is 0 Å². The van der Waals surface area contributed by atoms with E-state index in [1.807, 2.05) is 0 Å². The van der Waals surface area contributed by atoms with Gasteiger partial charge in [-0.2, -0.15) is 0 Å². The summed E-state index contributed by atoms with van der Waals surface area (Å²) >= 11 is 0. The number of hydrogen-bond acceptors (Lipinski definition) is 17. The molecule has 1 aromatic rings. The molecular formula is C55H102F2N16O9. The third-order valence-corrected chi connectivity index (χ3v) is 10.5. The molecule has 27 heteroatoms. The summed E-state index contributed by atoms with van der Waals surface area (Å²) in [4.78, 5) is 113. The fourth-order valence-corrected chi connectivity index (χ4v) is 6.56. The van der Waals surface area contributed by atoms with Crippen LogP contribution in [0.4, 0.5) is 8.78 Å². The van der Waals surface area contributed by atoms with Gasteiger partial charge in [-0.05, 0) is 149 Å². The number of rotatable bonds is 17. The molecule has 0 aliphatic carbocycles. The first-order valence-corrected chi connectivity index (χ1v) is 27.7. The molecule has 0 radical (unpaired) electrons. The number of carbonyl (C=O) groups is 9. The molecule has 0 spiro atoms. The lowest BCUT2D eigenvalue weighted by Crippen LogP contribution is -2.51. The van der Waals surface area contributed by atoms with Gasteiger partial charge in [0, 0.05) is 57.4 Å². The molecule has 5 atom stereocenters. The number of primary amides is 1. The van der Waals surface area contributed by atoms with Gasteiger partial charge in [0.25, 0.3) is 0 Å². The molecule has 470 valence electrons. The molecule has 82 heavy (non-hydrogen) atoms. The first kappa shape index (κ1) is 81.8. The zero-order valence-electron chi connectivity index (χ0n) is 50.2. The molecule has 2 fully saturated rings. The van der Waals surface area contributed by atoms with Crippen molar-refractivity contribution in [2.24, 2.45) is 66.8 Å². The van der Waals surface area contributed by atoms with Crippen molar-refractivity contribution in [2.75, 3.05) is 58.9 Å². The second kappa shape index (κ2) is 52.4. The number of ketones is 7. The summed E-state index contributed by atoms with van der Waals surface area (Å²) < 4.78 is 23.7. The van der Waals surface area contributed by atoms with E-state index in [1.165, 1.54) is 65.8 Å². The van der Waals surface area contributed by atoms with Crippen LogP contribution in [0.15, 0.2) is 39.2 Å². The summed E-state index contributed by atoms with van der Waals surface area (Å²) in [6.45, 7) is 18.4. The van der Waals surface area contributed by atoms with Crippen LogP contribution >= 0.6 is 0 Å². The second-order valence-electron chi connectivity index (χ2n) is 20.0. The third-order valence-electron chi connectivity index (χ3n) is 10.5. The third kappa shape index (κ3) is 58.0. The Balaban J connectivity index is -0.000000511. The largest absolute Gasteiger partial charge is 0.370 e. The molecule has 2 aliphatic heterocycles. The fraction of sp³-hybridized carbons (Fsp3) is 0.673. The summed E-state index contributed by atoms with van der Waals surface area (Å²) in [6.07, 6.45) is 6.20. The minimum atomic E-state index is -1.29. The average Bonchev–Trinajstić information content (AvgIpc) is 3.38. The van der Waals surface area contributed by atoms with E-state index in [1.54, 1.807) is 0 Å². The van der Waals surface area contributed by atoms with Crippen LogP contribution in [0.2, 0.25) is 0 Å². The van der Waals surface area contributed by atoms with Crippen molar-refractivity contribution in [1.82, 2.24) is 26.6 Å². The van der Waals surface area contributed by atoms with Crippen LogP contribution in [0.1, 0.15) is 156 Å². The predicted octanol–water partition coefficient (Wildman–Crippen LogP) is 0.786. The number of guanidine groups is 3. The van der Waals surface area contributed by atoms with Crippen molar-refractivity contribution in [1.29, 1.82) is 0 Å². The number of benzene rings is 1. The topological polar surface area (TPSA) is 459 Å². The van der Waals surface area contributed by atoms with E-state index in [2.05, 4.69) is 68.1 Å². The molecule has 2 amide bonds. The number of alkyl halides is 1. The van der Waals surface area contributed by atoms with E-state index in [0.29, 0.717) is 109 Å². The molecule has 0 saturated carbocycles. The molecule has 0 bridgehead atoms. The Morgan fingerprint density at radius 1 is 0.610 bits per heavy atom. The second-order valence-corrected chi connectivity index (χ2v) is 20.0. The van der Waals surface area contributed by atoms with Crippen LogP contribution < -0.4 is 72.5 Å². The molecule has 25 nitrogen and oxygen atoms in total. The Hall–Kier alpha value is -6.68. The number of nitrogens with one attached hydrogen (secondary N) is 5. The van der Waals surface area contributed by atoms with Crippen LogP contribution in [-0.2, 0) is 38.4 Å². The lowest BCUT2D eigenvalue weighted by atomic mass is 9.98. The van der Waals surface area contributed by atoms with Gasteiger partial charge >= 0.3 is 0 Å². The van der Waals surface area contributed by atoms with Gasteiger partial charge in [-0.15, -0.1) is 0 Å². The lowest BCUT2D eigenvalue weighted by molar-refractivity contribution is -0.129. The highest BCUT2D eigenvalue weighted by Gasteiger charge is 2.26. The smallest absolute Gasteiger partial charge is 0.237 e. The highest BCUT2D eigenvalue weighted by Crippen LogP contribution is 2.12. The van der Waals surface area contributed by atoms with E-state index in [-0.39, 0.29) is 95.4 Å². The van der Waals surface area contributed by atoms with Gasteiger partial charge in [-0.1, -0.05) is 20.8 Å². The highest BCUT2D eigenvalue weighted by atomic mass is 19.1. The SMILES string of the molecule is CC(=O)C(C)F.CC(=O)c1ccc(F)cc1.CC(C)=O.CC(C)C.CC(N)=O.NC(N)=NCCC[C@@H]1NC(=O)[C@H](CCCN=C(N)N)NCC(=O)CNCCCC1=O.NCCCC1CC(=O)CNCCCC(=O)[C@H](CCCN=C(N)N)N1. The van der Waals surface area contributed by atoms with Crippen molar-refractivity contribution in [2.45, 2.75) is 176 Å². The summed E-state index contributed by atoms with van der Waals surface area (Å²) in [5.41, 5.74) is 42.5. The number of nitrogens with zero attached hydrogens (tertiary/aromatic N) is 3. The van der Waals surface area contributed by atoms with E-state index in [0.717, 1.165) is 31.6 Å². The van der Waals surface area contributed by atoms with Crippen molar-refractivity contribution in [3.05, 3.63) is 35.6 Å². The normalized spacial score (nSPS) is 18.0. The zero-order valence-corrected chi connectivity index (χ0v) is 50.2. The van der Waals surface area contributed by atoms with Crippen LogP contribution in [0.25, 0.3) is 0 Å². The number of carbonyl (C=O) groups excluding carboxylic acids is 9. The van der Waals surface area contributed by atoms with Crippen molar-refractivity contribution < 1.29 is 51.9 Å². The monoisotopic (exact) mass is 1170 g/mol. The first-order chi connectivity index (χ1) is 38.4. The molecule has 2 heterocycles.